The summed E-state index contributed by atoms with van der Waals surface area (Å²) in [5, 5.41) is 2.89. The van der Waals surface area contributed by atoms with Crippen LogP contribution in [-0.2, 0) is 9.59 Å². The molecule has 1 heterocycles. The predicted molar refractivity (Wildman–Crippen MR) is 85.9 cm³/mol. The molecule has 0 unspecified atom stereocenters. The van der Waals surface area contributed by atoms with Crippen LogP contribution in [0.15, 0.2) is 22.7 Å². The maximum absolute atomic E-state index is 12.0. The van der Waals surface area contributed by atoms with Crippen molar-refractivity contribution in [3.05, 3.63) is 28.2 Å². The Morgan fingerprint density at radius 1 is 1.38 bits per heavy atom. The molecule has 1 aliphatic heterocycles. The van der Waals surface area contributed by atoms with Gasteiger partial charge in [0, 0.05) is 16.1 Å². The number of piperidine rings is 1. The lowest BCUT2D eigenvalue weighted by atomic mass is 9.96. The van der Waals surface area contributed by atoms with Crippen molar-refractivity contribution in [1.29, 1.82) is 0 Å². The summed E-state index contributed by atoms with van der Waals surface area (Å²) in [6, 6.07) is 5.74. The Morgan fingerprint density at radius 3 is 2.62 bits per heavy atom. The highest BCUT2D eigenvalue weighted by Gasteiger charge is 2.24. The molecule has 0 bridgehead atoms. The zero-order valence-electron chi connectivity index (χ0n) is 12.1. The molecule has 21 heavy (non-hydrogen) atoms. The number of hydrogen-bond acceptors (Lipinski definition) is 3. The van der Waals surface area contributed by atoms with Gasteiger partial charge in [0.15, 0.2) is 0 Å². The van der Waals surface area contributed by atoms with Crippen molar-refractivity contribution in [3.8, 4) is 0 Å². The molecule has 1 aliphatic rings. The molecule has 2 amide bonds. The number of hydrogen-bond donors (Lipinski definition) is 2. The Balaban J connectivity index is 1.82. The topological polar surface area (TPSA) is 75.4 Å². The maximum atomic E-state index is 12.0. The van der Waals surface area contributed by atoms with Crippen molar-refractivity contribution in [2.75, 3.05) is 25.0 Å². The first-order chi connectivity index (χ1) is 9.95. The van der Waals surface area contributed by atoms with E-state index in [1.807, 2.05) is 25.1 Å². The van der Waals surface area contributed by atoms with Crippen LogP contribution in [0.1, 0.15) is 18.4 Å². The van der Waals surface area contributed by atoms with Crippen molar-refractivity contribution in [2.24, 2.45) is 11.7 Å². The van der Waals surface area contributed by atoms with Gasteiger partial charge in [0.05, 0.1) is 6.54 Å². The zero-order chi connectivity index (χ0) is 15.4. The number of amides is 2. The molecule has 1 aromatic rings. The zero-order valence-corrected chi connectivity index (χ0v) is 13.6. The second-order valence-electron chi connectivity index (χ2n) is 5.46. The van der Waals surface area contributed by atoms with Gasteiger partial charge in [-0.05, 0) is 50.6 Å². The first-order valence-electron chi connectivity index (χ1n) is 7.03. The Bertz CT molecular complexity index is 540. The van der Waals surface area contributed by atoms with E-state index in [1.54, 1.807) is 0 Å². The fraction of sp³-hybridized carbons (Fsp3) is 0.467. The van der Waals surface area contributed by atoms with Gasteiger partial charge in [-0.2, -0.15) is 0 Å². The highest BCUT2D eigenvalue weighted by molar-refractivity contribution is 9.10. The number of benzene rings is 1. The molecule has 1 fully saturated rings. The third-order valence-corrected chi connectivity index (χ3v) is 4.67. The van der Waals surface area contributed by atoms with Gasteiger partial charge >= 0.3 is 0 Å². The fourth-order valence-electron chi connectivity index (χ4n) is 2.45. The SMILES string of the molecule is Cc1ccc(NC(=O)CN2CCC(C(N)=O)CC2)cc1Br. The van der Waals surface area contributed by atoms with Crippen LogP contribution in [0.3, 0.4) is 0 Å². The van der Waals surface area contributed by atoms with Crippen molar-refractivity contribution < 1.29 is 9.59 Å². The van der Waals surface area contributed by atoms with Crippen LogP contribution in [0.4, 0.5) is 5.69 Å². The number of halogens is 1. The van der Waals surface area contributed by atoms with E-state index in [0.29, 0.717) is 6.54 Å². The molecule has 0 radical (unpaired) electrons. The Morgan fingerprint density at radius 2 is 2.05 bits per heavy atom. The summed E-state index contributed by atoms with van der Waals surface area (Å²) in [5.74, 6) is -0.316. The van der Waals surface area contributed by atoms with Crippen LogP contribution in [0, 0.1) is 12.8 Å². The van der Waals surface area contributed by atoms with Crippen LogP contribution in [0.2, 0.25) is 0 Å². The summed E-state index contributed by atoms with van der Waals surface area (Å²) >= 11 is 3.45. The first kappa shape index (κ1) is 16.0. The number of likely N-dealkylation sites (tertiary alicyclic amines) is 1. The molecule has 0 aliphatic carbocycles. The quantitative estimate of drug-likeness (QED) is 0.867. The molecule has 0 spiro atoms. The first-order valence-corrected chi connectivity index (χ1v) is 7.82. The number of nitrogens with one attached hydrogen (secondary N) is 1. The van der Waals surface area contributed by atoms with Gasteiger partial charge in [0.25, 0.3) is 0 Å². The van der Waals surface area contributed by atoms with E-state index in [4.69, 9.17) is 5.73 Å². The normalized spacial score (nSPS) is 16.7. The predicted octanol–water partition coefficient (Wildman–Crippen LogP) is 1.89. The minimum absolute atomic E-state index is 0.0386. The minimum Gasteiger partial charge on any atom is -0.369 e. The van der Waals surface area contributed by atoms with E-state index in [0.717, 1.165) is 41.7 Å². The summed E-state index contributed by atoms with van der Waals surface area (Å²) in [7, 11) is 0. The number of anilines is 1. The van der Waals surface area contributed by atoms with Gasteiger partial charge in [0.2, 0.25) is 11.8 Å². The van der Waals surface area contributed by atoms with Crippen molar-refractivity contribution in [2.45, 2.75) is 19.8 Å². The van der Waals surface area contributed by atoms with Gasteiger partial charge in [-0.15, -0.1) is 0 Å². The third kappa shape index (κ3) is 4.54. The van der Waals surface area contributed by atoms with Gasteiger partial charge in [0.1, 0.15) is 0 Å². The third-order valence-electron chi connectivity index (χ3n) is 3.81. The monoisotopic (exact) mass is 353 g/mol. The molecule has 1 aromatic carbocycles. The van der Waals surface area contributed by atoms with Gasteiger partial charge < -0.3 is 11.1 Å². The van der Waals surface area contributed by atoms with Crippen LogP contribution < -0.4 is 11.1 Å². The largest absolute Gasteiger partial charge is 0.369 e. The molecule has 5 nitrogen and oxygen atoms in total. The van der Waals surface area contributed by atoms with Gasteiger partial charge in [-0.1, -0.05) is 22.0 Å². The highest BCUT2D eigenvalue weighted by Crippen LogP contribution is 2.21. The molecule has 6 heteroatoms. The highest BCUT2D eigenvalue weighted by atomic mass is 79.9. The number of primary amides is 1. The summed E-state index contributed by atoms with van der Waals surface area (Å²) in [6.07, 6.45) is 1.47. The number of rotatable bonds is 4. The molecule has 0 aromatic heterocycles. The van der Waals surface area contributed by atoms with Crippen molar-refractivity contribution in [3.63, 3.8) is 0 Å². The molecular weight excluding hydrogens is 334 g/mol. The maximum Gasteiger partial charge on any atom is 0.238 e. The van der Waals surface area contributed by atoms with Crippen LogP contribution in [0.25, 0.3) is 0 Å². The molecular formula is C15H20BrN3O2. The van der Waals surface area contributed by atoms with Crippen LogP contribution >= 0.6 is 15.9 Å². The fourth-order valence-corrected chi connectivity index (χ4v) is 2.83. The number of nitrogens with zero attached hydrogens (tertiary/aromatic N) is 1. The minimum atomic E-state index is -0.233. The summed E-state index contributed by atoms with van der Waals surface area (Å²) in [4.78, 5) is 25.2. The molecule has 2 rings (SSSR count). The van der Waals surface area contributed by atoms with Crippen molar-refractivity contribution in [1.82, 2.24) is 4.90 Å². The van der Waals surface area contributed by atoms with E-state index in [9.17, 15) is 9.59 Å². The molecule has 0 saturated carbocycles. The van der Waals surface area contributed by atoms with Crippen molar-refractivity contribution >= 4 is 33.4 Å². The lowest BCUT2D eigenvalue weighted by Gasteiger charge is -2.29. The lowest BCUT2D eigenvalue weighted by molar-refractivity contribution is -0.123. The Labute approximate surface area is 133 Å². The standard InChI is InChI=1S/C15H20BrN3O2/c1-10-2-3-12(8-13(10)16)18-14(20)9-19-6-4-11(5-7-19)15(17)21/h2-3,8,11H,4-7,9H2,1H3,(H2,17,21)(H,18,20). The van der Waals surface area contributed by atoms with E-state index in [-0.39, 0.29) is 17.7 Å². The van der Waals surface area contributed by atoms with E-state index in [1.165, 1.54) is 0 Å². The smallest absolute Gasteiger partial charge is 0.238 e. The molecule has 0 atom stereocenters. The second kappa shape index (κ2) is 7.04. The average Bonchev–Trinajstić information content (AvgIpc) is 2.43. The summed E-state index contributed by atoms with van der Waals surface area (Å²) < 4.78 is 0.975. The molecule has 114 valence electrons. The van der Waals surface area contributed by atoms with E-state index < -0.39 is 0 Å². The van der Waals surface area contributed by atoms with Crippen LogP contribution in [0.5, 0.6) is 0 Å². The van der Waals surface area contributed by atoms with Gasteiger partial charge in [-0.3, -0.25) is 14.5 Å². The number of carbonyl (C=O) groups excluding carboxylic acids is 2. The Kier molecular flexibility index (Phi) is 5.36. The van der Waals surface area contributed by atoms with E-state index >= 15 is 0 Å². The molecule has 3 N–H and O–H groups in total. The number of carbonyl (C=O) groups is 2. The van der Waals surface area contributed by atoms with Gasteiger partial charge in [-0.25, -0.2) is 0 Å². The Hall–Kier alpha value is -1.40. The summed E-state index contributed by atoms with van der Waals surface area (Å²) in [5.41, 5.74) is 7.21. The molecule has 1 saturated heterocycles. The summed E-state index contributed by atoms with van der Waals surface area (Å²) in [6.45, 7) is 3.81. The van der Waals surface area contributed by atoms with Crippen LogP contribution in [-0.4, -0.2) is 36.3 Å². The number of aryl methyl sites for hydroxylation is 1. The lowest BCUT2D eigenvalue weighted by Crippen LogP contribution is -2.42. The number of nitrogens with two attached hydrogens (primary N) is 1. The second-order valence-corrected chi connectivity index (χ2v) is 6.32. The average molecular weight is 354 g/mol. The van der Waals surface area contributed by atoms with E-state index in [2.05, 4.69) is 26.1 Å².